The molecule has 25 heavy (non-hydrogen) atoms. The smallest absolute Gasteiger partial charge is 0.155 e. The lowest BCUT2D eigenvalue weighted by Gasteiger charge is -2.19. The quantitative estimate of drug-likeness (QED) is 0.691. The Balaban J connectivity index is 1.95. The average Bonchev–Trinajstić information content (AvgIpc) is 2.65. The Morgan fingerprint density at radius 1 is 1.04 bits per heavy atom. The third-order valence-corrected chi connectivity index (χ3v) is 4.38. The molecule has 0 amide bonds. The second-order valence-corrected chi connectivity index (χ2v) is 6.16. The summed E-state index contributed by atoms with van der Waals surface area (Å²) >= 11 is 6.10. The summed E-state index contributed by atoms with van der Waals surface area (Å²) in [5.41, 5.74) is 3.14. The second kappa shape index (κ2) is 8.23. The van der Waals surface area contributed by atoms with Crippen LogP contribution < -0.4 is 5.32 Å². The van der Waals surface area contributed by atoms with Gasteiger partial charge in [-0.15, -0.1) is 0 Å². The first-order chi connectivity index (χ1) is 12.2. The maximum absolute atomic E-state index is 6.10. The normalized spacial score (nSPS) is 11.2. The van der Waals surface area contributed by atoms with Crippen molar-refractivity contribution in [3.63, 3.8) is 0 Å². The van der Waals surface area contributed by atoms with E-state index in [9.17, 15) is 0 Å². The number of hydrogen-bond donors (Lipinski definition) is 1. The van der Waals surface area contributed by atoms with Gasteiger partial charge < -0.3 is 10.2 Å². The van der Waals surface area contributed by atoms with E-state index in [2.05, 4.69) is 29.0 Å². The highest BCUT2D eigenvalue weighted by molar-refractivity contribution is 6.31. The van der Waals surface area contributed by atoms with Gasteiger partial charge in [-0.25, -0.2) is 9.97 Å². The van der Waals surface area contributed by atoms with Gasteiger partial charge in [0.2, 0.25) is 0 Å². The lowest BCUT2D eigenvalue weighted by Crippen LogP contribution is -2.29. The van der Waals surface area contributed by atoms with Crippen molar-refractivity contribution in [1.82, 2.24) is 19.9 Å². The van der Waals surface area contributed by atoms with Gasteiger partial charge >= 0.3 is 0 Å². The Bertz CT molecular complexity index is 834. The zero-order chi connectivity index (χ0) is 17.6. The second-order valence-electron chi connectivity index (χ2n) is 5.72. The summed E-state index contributed by atoms with van der Waals surface area (Å²) in [6.07, 6.45) is 1.77. The Morgan fingerprint density at radius 2 is 1.88 bits per heavy atom. The van der Waals surface area contributed by atoms with Crippen molar-refractivity contribution in [1.29, 1.82) is 0 Å². The van der Waals surface area contributed by atoms with Crippen LogP contribution in [-0.2, 0) is 0 Å². The summed E-state index contributed by atoms with van der Waals surface area (Å²) < 4.78 is 0. The third-order valence-electron chi connectivity index (χ3n) is 4.15. The fraction of sp³-hybridized carbons (Fsp3) is 0.316. The van der Waals surface area contributed by atoms with Gasteiger partial charge in [-0.3, -0.25) is 4.98 Å². The molecule has 1 N–H and O–H groups in total. The molecule has 0 aliphatic heterocycles. The summed E-state index contributed by atoms with van der Waals surface area (Å²) in [6.45, 7) is 8.14. The largest absolute Gasteiger partial charge is 0.367 e. The van der Waals surface area contributed by atoms with E-state index in [4.69, 9.17) is 21.6 Å². The molecule has 2 aromatic heterocycles. The summed E-state index contributed by atoms with van der Waals surface area (Å²) in [6, 6.07) is 11.3. The van der Waals surface area contributed by atoms with E-state index >= 15 is 0 Å². The van der Waals surface area contributed by atoms with Gasteiger partial charge in [0.1, 0.15) is 5.69 Å². The predicted octanol–water partition coefficient (Wildman–Crippen LogP) is 4.10. The summed E-state index contributed by atoms with van der Waals surface area (Å²) in [7, 11) is 0. The van der Waals surface area contributed by atoms with Crippen molar-refractivity contribution in [3.8, 4) is 11.4 Å². The Labute approximate surface area is 153 Å². The van der Waals surface area contributed by atoms with E-state index < -0.39 is 0 Å². The first-order valence-corrected chi connectivity index (χ1v) is 8.94. The molecule has 1 aromatic carbocycles. The van der Waals surface area contributed by atoms with E-state index in [-0.39, 0.29) is 0 Å². The number of nitrogens with zero attached hydrogens (tertiary/aromatic N) is 4. The van der Waals surface area contributed by atoms with Crippen LogP contribution in [-0.4, -0.2) is 46.0 Å². The lowest BCUT2D eigenvalue weighted by atomic mass is 10.2. The van der Waals surface area contributed by atoms with Gasteiger partial charge in [0.15, 0.2) is 5.82 Å². The van der Waals surface area contributed by atoms with Gasteiger partial charge in [0, 0.05) is 24.3 Å². The standard InChI is InChI=1S/C19H22ClN5/c1-3-25(4-2)12-11-22-19-18(16-7-5-6-10-21-16)23-15-9-8-14(20)13-17(15)24-19/h5-10,13H,3-4,11-12H2,1-2H3,(H,22,24). The number of fused-ring (bicyclic) bond motifs is 1. The number of anilines is 1. The SMILES string of the molecule is CCN(CC)CCNc1nc2cc(Cl)ccc2nc1-c1ccccn1. The lowest BCUT2D eigenvalue weighted by molar-refractivity contribution is 0.316. The molecule has 0 radical (unpaired) electrons. The zero-order valence-corrected chi connectivity index (χ0v) is 15.3. The van der Waals surface area contributed by atoms with Gasteiger partial charge in [0.05, 0.1) is 16.7 Å². The first-order valence-electron chi connectivity index (χ1n) is 8.56. The number of pyridine rings is 1. The fourth-order valence-corrected chi connectivity index (χ4v) is 2.87. The van der Waals surface area contributed by atoms with Crippen LogP contribution in [0.3, 0.4) is 0 Å². The first kappa shape index (κ1) is 17.6. The highest BCUT2D eigenvalue weighted by Gasteiger charge is 2.12. The molecular weight excluding hydrogens is 334 g/mol. The number of likely N-dealkylation sites (N-methyl/N-ethyl adjacent to an activating group) is 1. The van der Waals surface area contributed by atoms with E-state index in [1.165, 1.54) is 0 Å². The van der Waals surface area contributed by atoms with Crippen LogP contribution in [0.2, 0.25) is 5.02 Å². The van der Waals surface area contributed by atoms with Crippen molar-refractivity contribution < 1.29 is 0 Å². The Kier molecular flexibility index (Phi) is 5.79. The molecule has 5 nitrogen and oxygen atoms in total. The molecule has 2 heterocycles. The number of hydrogen-bond acceptors (Lipinski definition) is 5. The molecule has 0 atom stereocenters. The van der Waals surface area contributed by atoms with Crippen LogP contribution in [0.15, 0.2) is 42.6 Å². The summed E-state index contributed by atoms with van der Waals surface area (Å²) in [4.78, 5) is 16.3. The number of aromatic nitrogens is 3. The van der Waals surface area contributed by atoms with Gasteiger partial charge in [-0.05, 0) is 43.4 Å². The fourth-order valence-electron chi connectivity index (χ4n) is 2.70. The third kappa shape index (κ3) is 4.24. The van der Waals surface area contributed by atoms with Crippen molar-refractivity contribution in [3.05, 3.63) is 47.6 Å². The van der Waals surface area contributed by atoms with Crippen LogP contribution in [0.25, 0.3) is 22.4 Å². The minimum Gasteiger partial charge on any atom is -0.367 e. The molecule has 0 bridgehead atoms. The van der Waals surface area contributed by atoms with E-state index in [1.807, 2.05) is 36.4 Å². The molecule has 0 fully saturated rings. The monoisotopic (exact) mass is 355 g/mol. The average molecular weight is 356 g/mol. The maximum atomic E-state index is 6.10. The molecule has 0 saturated heterocycles. The number of halogens is 1. The molecule has 3 rings (SSSR count). The molecule has 0 aliphatic rings. The zero-order valence-electron chi connectivity index (χ0n) is 14.5. The maximum Gasteiger partial charge on any atom is 0.155 e. The van der Waals surface area contributed by atoms with Gasteiger partial charge in [0.25, 0.3) is 0 Å². The number of nitrogens with one attached hydrogen (secondary N) is 1. The van der Waals surface area contributed by atoms with Crippen LogP contribution in [0.1, 0.15) is 13.8 Å². The van der Waals surface area contributed by atoms with Crippen molar-refractivity contribution >= 4 is 28.5 Å². The van der Waals surface area contributed by atoms with Crippen LogP contribution in [0.5, 0.6) is 0 Å². The van der Waals surface area contributed by atoms with E-state index in [1.54, 1.807) is 6.20 Å². The van der Waals surface area contributed by atoms with Crippen molar-refractivity contribution in [2.24, 2.45) is 0 Å². The van der Waals surface area contributed by atoms with Crippen LogP contribution in [0.4, 0.5) is 5.82 Å². The van der Waals surface area contributed by atoms with Crippen LogP contribution >= 0.6 is 11.6 Å². The predicted molar refractivity (Wildman–Crippen MR) is 104 cm³/mol. The summed E-state index contributed by atoms with van der Waals surface area (Å²) in [5, 5.41) is 4.08. The minimum absolute atomic E-state index is 0.654. The van der Waals surface area contributed by atoms with Crippen molar-refractivity contribution in [2.75, 3.05) is 31.5 Å². The minimum atomic E-state index is 0.654. The van der Waals surface area contributed by atoms with E-state index in [0.29, 0.717) is 5.02 Å². The molecule has 6 heteroatoms. The van der Waals surface area contributed by atoms with E-state index in [0.717, 1.165) is 54.4 Å². The molecule has 0 unspecified atom stereocenters. The number of benzene rings is 1. The molecule has 0 spiro atoms. The molecule has 0 aliphatic carbocycles. The Hall–Kier alpha value is -2.24. The van der Waals surface area contributed by atoms with Gasteiger partial charge in [-0.1, -0.05) is 31.5 Å². The number of rotatable bonds is 7. The van der Waals surface area contributed by atoms with Crippen molar-refractivity contribution in [2.45, 2.75) is 13.8 Å². The highest BCUT2D eigenvalue weighted by atomic mass is 35.5. The molecule has 0 saturated carbocycles. The van der Waals surface area contributed by atoms with Gasteiger partial charge in [-0.2, -0.15) is 0 Å². The molecular formula is C19H22ClN5. The topological polar surface area (TPSA) is 53.9 Å². The summed E-state index contributed by atoms with van der Waals surface area (Å²) in [5.74, 6) is 0.737. The molecule has 130 valence electrons. The highest BCUT2D eigenvalue weighted by Crippen LogP contribution is 2.26. The Morgan fingerprint density at radius 3 is 2.60 bits per heavy atom. The molecule has 3 aromatic rings. The van der Waals surface area contributed by atoms with Crippen LogP contribution in [0, 0.1) is 0 Å².